The number of anilines is 1. The van der Waals surface area contributed by atoms with Gasteiger partial charge in [-0.15, -0.1) is 0 Å². The maximum absolute atomic E-state index is 11.9. The van der Waals surface area contributed by atoms with Gasteiger partial charge in [0.25, 0.3) is 0 Å². The predicted molar refractivity (Wildman–Crippen MR) is 94.6 cm³/mol. The number of halogens is 1. The molecule has 0 spiro atoms. The number of urea groups is 1. The van der Waals surface area contributed by atoms with Crippen LogP contribution in [0.15, 0.2) is 36.4 Å². The van der Waals surface area contributed by atoms with E-state index in [0.29, 0.717) is 18.2 Å². The molecule has 0 aliphatic heterocycles. The number of hydrogen-bond donors (Lipinski definition) is 2. The Labute approximate surface area is 141 Å². The minimum Gasteiger partial charge on any atom is -0.492 e. The van der Waals surface area contributed by atoms with Gasteiger partial charge in [0.05, 0.1) is 6.54 Å². The predicted octanol–water partition coefficient (Wildman–Crippen LogP) is 4.47. The quantitative estimate of drug-likeness (QED) is 0.794. The Morgan fingerprint density at radius 3 is 2.61 bits per heavy atom. The molecule has 0 saturated carbocycles. The van der Waals surface area contributed by atoms with E-state index in [0.717, 1.165) is 28.1 Å². The third kappa shape index (κ3) is 5.18. The van der Waals surface area contributed by atoms with E-state index in [4.69, 9.17) is 16.3 Å². The van der Waals surface area contributed by atoms with Gasteiger partial charge in [-0.05, 0) is 61.7 Å². The van der Waals surface area contributed by atoms with Crippen molar-refractivity contribution in [1.29, 1.82) is 0 Å². The van der Waals surface area contributed by atoms with Crippen LogP contribution < -0.4 is 15.4 Å². The highest BCUT2D eigenvalue weighted by molar-refractivity contribution is 6.31. The highest BCUT2D eigenvalue weighted by Crippen LogP contribution is 2.20. The first-order valence-corrected chi connectivity index (χ1v) is 7.84. The summed E-state index contributed by atoms with van der Waals surface area (Å²) in [4.78, 5) is 11.9. The molecule has 2 aromatic rings. The van der Waals surface area contributed by atoms with E-state index < -0.39 is 0 Å². The van der Waals surface area contributed by atoms with Crippen LogP contribution in [0.4, 0.5) is 10.5 Å². The average Bonchev–Trinajstić information content (AvgIpc) is 2.51. The fourth-order valence-electron chi connectivity index (χ4n) is 2.08. The second kappa shape index (κ2) is 7.88. The molecule has 0 aliphatic rings. The number of nitrogens with one attached hydrogen (secondary N) is 2. The van der Waals surface area contributed by atoms with Gasteiger partial charge in [-0.3, -0.25) is 0 Å². The summed E-state index contributed by atoms with van der Waals surface area (Å²) >= 11 is 5.96. The monoisotopic (exact) mass is 332 g/mol. The second-order valence-electron chi connectivity index (χ2n) is 5.46. The Hall–Kier alpha value is -2.20. The molecule has 0 saturated heterocycles. The van der Waals surface area contributed by atoms with Gasteiger partial charge in [-0.2, -0.15) is 0 Å². The van der Waals surface area contributed by atoms with Crippen molar-refractivity contribution in [2.24, 2.45) is 0 Å². The molecule has 4 nitrogen and oxygen atoms in total. The van der Waals surface area contributed by atoms with Crippen molar-refractivity contribution >= 4 is 23.3 Å². The minimum atomic E-state index is -0.241. The zero-order chi connectivity index (χ0) is 16.8. The molecule has 0 heterocycles. The largest absolute Gasteiger partial charge is 0.492 e. The summed E-state index contributed by atoms with van der Waals surface area (Å²) in [6.45, 7) is 6.68. The zero-order valence-corrected chi connectivity index (χ0v) is 14.3. The summed E-state index contributed by atoms with van der Waals surface area (Å²) in [6, 6.07) is 11.2. The van der Waals surface area contributed by atoms with E-state index in [9.17, 15) is 4.79 Å². The van der Waals surface area contributed by atoms with Gasteiger partial charge in [0, 0.05) is 10.7 Å². The molecule has 0 aromatic heterocycles. The zero-order valence-electron chi connectivity index (χ0n) is 13.6. The van der Waals surface area contributed by atoms with Crippen LogP contribution in [0.2, 0.25) is 5.02 Å². The van der Waals surface area contributed by atoms with Gasteiger partial charge < -0.3 is 15.4 Å². The Morgan fingerprint density at radius 2 is 1.87 bits per heavy atom. The number of carbonyl (C=O) groups is 1. The van der Waals surface area contributed by atoms with Gasteiger partial charge >= 0.3 is 6.03 Å². The fraction of sp³-hybridized carbons (Fsp3) is 0.278. The van der Waals surface area contributed by atoms with Crippen molar-refractivity contribution in [2.45, 2.75) is 20.8 Å². The number of benzene rings is 2. The van der Waals surface area contributed by atoms with E-state index >= 15 is 0 Å². The molecule has 0 bridgehead atoms. The lowest BCUT2D eigenvalue weighted by molar-refractivity contribution is 0.247. The smallest absolute Gasteiger partial charge is 0.319 e. The lowest BCUT2D eigenvalue weighted by Gasteiger charge is -2.11. The van der Waals surface area contributed by atoms with Gasteiger partial charge in [0.1, 0.15) is 12.4 Å². The lowest BCUT2D eigenvalue weighted by atomic mass is 10.1. The average molecular weight is 333 g/mol. The minimum absolute atomic E-state index is 0.241. The third-order valence-corrected chi connectivity index (χ3v) is 3.85. The highest BCUT2D eigenvalue weighted by atomic mass is 35.5. The number of amides is 2. The third-order valence-electron chi connectivity index (χ3n) is 3.43. The van der Waals surface area contributed by atoms with Crippen molar-refractivity contribution in [3.05, 3.63) is 58.1 Å². The molecular formula is C18H21ClN2O2. The van der Waals surface area contributed by atoms with Gasteiger partial charge in [-0.25, -0.2) is 4.79 Å². The molecule has 122 valence electrons. The normalized spacial score (nSPS) is 10.3. The number of rotatable bonds is 5. The summed E-state index contributed by atoms with van der Waals surface area (Å²) in [5.74, 6) is 0.739. The summed E-state index contributed by atoms with van der Waals surface area (Å²) < 4.78 is 5.58. The van der Waals surface area contributed by atoms with Crippen LogP contribution in [0.3, 0.4) is 0 Å². The van der Waals surface area contributed by atoms with Crippen molar-refractivity contribution in [3.8, 4) is 5.75 Å². The molecule has 0 unspecified atom stereocenters. The number of carbonyl (C=O) groups excluding carboxylic acids is 1. The van der Waals surface area contributed by atoms with Crippen molar-refractivity contribution in [1.82, 2.24) is 5.32 Å². The van der Waals surface area contributed by atoms with Crippen LogP contribution >= 0.6 is 11.6 Å². The summed E-state index contributed by atoms with van der Waals surface area (Å²) in [5.41, 5.74) is 3.91. The molecule has 0 radical (unpaired) electrons. The molecule has 2 N–H and O–H groups in total. The highest BCUT2D eigenvalue weighted by Gasteiger charge is 2.04. The molecule has 0 atom stereocenters. The molecular weight excluding hydrogens is 312 g/mol. The number of aryl methyl sites for hydroxylation is 3. The topological polar surface area (TPSA) is 50.4 Å². The Morgan fingerprint density at radius 1 is 1.09 bits per heavy atom. The van der Waals surface area contributed by atoms with E-state index in [1.807, 2.05) is 51.1 Å². The second-order valence-corrected chi connectivity index (χ2v) is 5.87. The lowest BCUT2D eigenvalue weighted by Crippen LogP contribution is -2.32. The van der Waals surface area contributed by atoms with Crippen LogP contribution in [0.1, 0.15) is 16.7 Å². The van der Waals surface area contributed by atoms with Gasteiger partial charge in [0.2, 0.25) is 0 Å². The maximum Gasteiger partial charge on any atom is 0.319 e. The van der Waals surface area contributed by atoms with Crippen LogP contribution in [0.5, 0.6) is 5.75 Å². The van der Waals surface area contributed by atoms with Crippen molar-refractivity contribution in [2.75, 3.05) is 18.5 Å². The van der Waals surface area contributed by atoms with Crippen molar-refractivity contribution in [3.63, 3.8) is 0 Å². The molecule has 0 fully saturated rings. The molecule has 2 amide bonds. The maximum atomic E-state index is 11.9. The first-order chi connectivity index (χ1) is 11.0. The molecule has 23 heavy (non-hydrogen) atoms. The van der Waals surface area contributed by atoms with E-state index in [2.05, 4.69) is 10.6 Å². The van der Waals surface area contributed by atoms with Crippen molar-refractivity contribution < 1.29 is 9.53 Å². The van der Waals surface area contributed by atoms with E-state index in [1.54, 1.807) is 6.07 Å². The van der Waals surface area contributed by atoms with Crippen LogP contribution in [0, 0.1) is 20.8 Å². The summed E-state index contributed by atoms with van der Waals surface area (Å²) in [6.07, 6.45) is 0. The van der Waals surface area contributed by atoms with Gasteiger partial charge in [-0.1, -0.05) is 23.7 Å². The molecule has 5 heteroatoms. The molecule has 0 aliphatic carbocycles. The van der Waals surface area contributed by atoms with Crippen LogP contribution in [0.25, 0.3) is 0 Å². The molecule has 2 aromatic carbocycles. The van der Waals surface area contributed by atoms with E-state index in [1.165, 1.54) is 0 Å². The summed E-state index contributed by atoms with van der Waals surface area (Å²) in [7, 11) is 0. The summed E-state index contributed by atoms with van der Waals surface area (Å²) in [5, 5.41) is 6.33. The number of hydrogen-bond acceptors (Lipinski definition) is 2. The van der Waals surface area contributed by atoms with Crippen LogP contribution in [-0.4, -0.2) is 19.2 Å². The first-order valence-electron chi connectivity index (χ1n) is 7.47. The first kappa shape index (κ1) is 17.2. The standard InChI is InChI=1S/C18H21ClN2O2/c1-12-4-5-13(2)17(10-12)21-18(22)20-8-9-23-15-6-7-16(19)14(3)11-15/h4-7,10-11H,8-9H2,1-3H3,(H2,20,21,22). The fourth-order valence-corrected chi connectivity index (χ4v) is 2.19. The van der Waals surface area contributed by atoms with Crippen LogP contribution in [-0.2, 0) is 0 Å². The van der Waals surface area contributed by atoms with Gasteiger partial charge in [0.15, 0.2) is 0 Å². The SMILES string of the molecule is Cc1ccc(C)c(NC(=O)NCCOc2ccc(Cl)c(C)c2)c1. The number of ether oxygens (including phenoxy) is 1. The Bertz CT molecular complexity index is 701. The molecule has 2 rings (SSSR count). The Balaban J connectivity index is 1.76. The van der Waals surface area contributed by atoms with E-state index in [-0.39, 0.29) is 6.03 Å². The Kier molecular flexibility index (Phi) is 5.88.